The van der Waals surface area contributed by atoms with E-state index in [0.29, 0.717) is 6.42 Å². The van der Waals surface area contributed by atoms with E-state index in [1.807, 2.05) is 24.3 Å². The number of nitrogens with one attached hydrogen (secondary N) is 2. The third-order valence-corrected chi connectivity index (χ3v) is 5.03. The Labute approximate surface area is 156 Å². The molecule has 1 fully saturated rings. The van der Waals surface area contributed by atoms with E-state index in [1.165, 1.54) is 0 Å². The summed E-state index contributed by atoms with van der Waals surface area (Å²) >= 11 is 0. The zero-order chi connectivity index (χ0) is 18.8. The van der Waals surface area contributed by atoms with Crippen molar-refractivity contribution in [2.45, 2.75) is 19.3 Å². The van der Waals surface area contributed by atoms with Crippen molar-refractivity contribution >= 4 is 28.2 Å². The minimum Gasteiger partial charge on any atom is -0.472 e. The lowest BCUT2D eigenvalue weighted by Gasteiger charge is -2.24. The summed E-state index contributed by atoms with van der Waals surface area (Å²) in [6.07, 6.45) is 6.98. The number of H-pyrrole nitrogens is 1. The van der Waals surface area contributed by atoms with Crippen LogP contribution in [-0.2, 0) is 4.79 Å². The highest BCUT2D eigenvalue weighted by molar-refractivity contribution is 6.04. The Morgan fingerprint density at radius 2 is 2.33 bits per heavy atom. The molecule has 0 saturated heterocycles. The number of furan rings is 1. The molecule has 138 valence electrons. The summed E-state index contributed by atoms with van der Waals surface area (Å²) in [5.41, 5.74) is 11.0. The smallest absolute Gasteiger partial charge is 0.227 e. The zero-order valence-electron chi connectivity index (χ0n) is 15.0. The first kappa shape index (κ1) is 17.1. The van der Waals surface area contributed by atoms with Gasteiger partial charge in [0.1, 0.15) is 5.69 Å². The van der Waals surface area contributed by atoms with Crippen LogP contribution in [0.4, 0.5) is 5.69 Å². The van der Waals surface area contributed by atoms with Crippen molar-refractivity contribution in [3.8, 4) is 11.3 Å². The molecule has 0 aliphatic heterocycles. The van der Waals surface area contributed by atoms with E-state index in [2.05, 4.69) is 20.5 Å². The molecule has 4 N–H and O–H groups in total. The highest BCUT2D eigenvalue weighted by atomic mass is 16.3. The normalized spacial score (nSPS) is 20.4. The van der Waals surface area contributed by atoms with Crippen LogP contribution >= 0.6 is 0 Å². The largest absolute Gasteiger partial charge is 0.472 e. The summed E-state index contributed by atoms with van der Waals surface area (Å²) in [6.45, 7) is 0. The molecule has 0 radical (unpaired) electrons. The molecule has 0 spiro atoms. The van der Waals surface area contributed by atoms with Crippen LogP contribution in [0.25, 0.3) is 22.2 Å². The maximum Gasteiger partial charge on any atom is 0.227 e. The minimum absolute atomic E-state index is 0.00258. The van der Waals surface area contributed by atoms with Crippen LogP contribution in [0, 0.1) is 5.92 Å². The molecule has 1 amide bonds. The van der Waals surface area contributed by atoms with Gasteiger partial charge < -0.3 is 15.5 Å². The Bertz CT molecular complexity index is 1030. The average Bonchev–Trinajstić information content (AvgIpc) is 3.36. The van der Waals surface area contributed by atoms with Crippen LogP contribution in [0.3, 0.4) is 0 Å². The number of nitrogens with two attached hydrogens (primary N) is 1. The molecule has 1 aromatic carbocycles. The average molecular weight is 363 g/mol. The van der Waals surface area contributed by atoms with E-state index < -0.39 is 0 Å². The fourth-order valence-corrected chi connectivity index (χ4v) is 3.56. The van der Waals surface area contributed by atoms with Crippen LogP contribution in [-0.4, -0.2) is 28.9 Å². The zero-order valence-corrected chi connectivity index (χ0v) is 15.0. The number of nitrogens with zero attached hydrogens (tertiary/aromatic N) is 2. The number of aliphatic imine (C=N–C) groups is 1. The van der Waals surface area contributed by atoms with E-state index in [4.69, 9.17) is 10.2 Å². The molecule has 3 aromatic rings. The molecule has 0 bridgehead atoms. The number of aromatic nitrogens is 2. The van der Waals surface area contributed by atoms with Gasteiger partial charge in [-0.15, -0.1) is 0 Å². The Balaban J connectivity index is 1.55. The van der Waals surface area contributed by atoms with Crippen molar-refractivity contribution < 1.29 is 9.21 Å². The van der Waals surface area contributed by atoms with Crippen molar-refractivity contribution in [2.24, 2.45) is 16.6 Å². The predicted octanol–water partition coefficient (Wildman–Crippen LogP) is 3.47. The van der Waals surface area contributed by atoms with Crippen molar-refractivity contribution in [3.05, 3.63) is 48.6 Å². The number of allylic oxidation sites excluding steroid dienone is 1. The SMILES string of the molecule is CN=C1CC[C@@H](C(=O)Nc2ccc3[nH]nc(-c4ccoc4)c3c2)C/C1=C/N. The number of hydrogen-bond donors (Lipinski definition) is 3. The number of benzene rings is 1. The number of rotatable bonds is 3. The van der Waals surface area contributed by atoms with Crippen molar-refractivity contribution in [1.29, 1.82) is 0 Å². The number of fused-ring (bicyclic) bond motifs is 1. The number of carbonyl (C=O) groups is 1. The van der Waals surface area contributed by atoms with Crippen molar-refractivity contribution in [3.63, 3.8) is 0 Å². The van der Waals surface area contributed by atoms with Crippen LogP contribution in [0.15, 0.2) is 58.0 Å². The quantitative estimate of drug-likeness (QED) is 0.662. The molecule has 1 atom stereocenters. The molecular formula is C20H21N5O2. The third kappa shape index (κ3) is 3.23. The van der Waals surface area contributed by atoms with Gasteiger partial charge in [0.25, 0.3) is 0 Å². The monoisotopic (exact) mass is 363 g/mol. The summed E-state index contributed by atoms with van der Waals surface area (Å²) in [4.78, 5) is 17.0. The van der Waals surface area contributed by atoms with Gasteiger partial charge >= 0.3 is 0 Å². The third-order valence-electron chi connectivity index (χ3n) is 5.03. The molecule has 4 rings (SSSR count). The molecule has 1 aliphatic carbocycles. The molecule has 0 unspecified atom stereocenters. The van der Waals surface area contributed by atoms with Gasteiger partial charge in [-0.25, -0.2) is 0 Å². The van der Waals surface area contributed by atoms with Gasteiger partial charge in [-0.05, 0) is 55.3 Å². The minimum atomic E-state index is -0.112. The number of carbonyl (C=O) groups excluding carboxylic acids is 1. The summed E-state index contributed by atoms with van der Waals surface area (Å²) in [7, 11) is 1.76. The van der Waals surface area contributed by atoms with Gasteiger partial charge in [0.05, 0.1) is 18.0 Å². The van der Waals surface area contributed by atoms with Gasteiger partial charge in [-0.2, -0.15) is 5.10 Å². The summed E-state index contributed by atoms with van der Waals surface area (Å²) in [6, 6.07) is 7.57. The van der Waals surface area contributed by atoms with E-state index in [9.17, 15) is 4.79 Å². The molecule has 27 heavy (non-hydrogen) atoms. The number of anilines is 1. The number of aromatic amines is 1. The molecule has 1 aliphatic rings. The Hall–Kier alpha value is -3.35. The van der Waals surface area contributed by atoms with Gasteiger partial charge in [0.15, 0.2) is 0 Å². The second-order valence-electron chi connectivity index (χ2n) is 6.64. The van der Waals surface area contributed by atoms with Gasteiger partial charge in [0, 0.05) is 35.3 Å². The van der Waals surface area contributed by atoms with Crippen LogP contribution in [0.5, 0.6) is 0 Å². The topological polar surface area (TPSA) is 109 Å². The lowest BCUT2D eigenvalue weighted by atomic mass is 9.84. The molecule has 2 aromatic heterocycles. The molecule has 7 heteroatoms. The number of amides is 1. The van der Waals surface area contributed by atoms with Gasteiger partial charge in [-0.1, -0.05) is 0 Å². The first-order chi connectivity index (χ1) is 13.2. The summed E-state index contributed by atoms with van der Waals surface area (Å²) in [5, 5.41) is 11.3. The second kappa shape index (κ2) is 7.11. The highest BCUT2D eigenvalue weighted by Gasteiger charge is 2.27. The lowest BCUT2D eigenvalue weighted by Crippen LogP contribution is -2.29. The molecule has 2 heterocycles. The van der Waals surface area contributed by atoms with Gasteiger partial charge in [0.2, 0.25) is 5.91 Å². The molecule has 7 nitrogen and oxygen atoms in total. The Kier molecular flexibility index (Phi) is 4.50. The van der Waals surface area contributed by atoms with Crippen LogP contribution in [0.1, 0.15) is 19.3 Å². The number of hydrogen-bond acceptors (Lipinski definition) is 5. The van der Waals surface area contributed by atoms with Crippen molar-refractivity contribution in [1.82, 2.24) is 10.2 Å². The predicted molar refractivity (Wildman–Crippen MR) is 105 cm³/mol. The van der Waals surface area contributed by atoms with E-state index in [0.717, 1.165) is 52.0 Å². The van der Waals surface area contributed by atoms with Gasteiger partial charge in [-0.3, -0.25) is 14.9 Å². The van der Waals surface area contributed by atoms with Crippen molar-refractivity contribution in [2.75, 3.05) is 12.4 Å². The highest BCUT2D eigenvalue weighted by Crippen LogP contribution is 2.30. The summed E-state index contributed by atoms with van der Waals surface area (Å²) in [5.74, 6) is -0.115. The fourth-order valence-electron chi connectivity index (χ4n) is 3.56. The first-order valence-electron chi connectivity index (χ1n) is 8.88. The van der Waals surface area contributed by atoms with Crippen LogP contribution < -0.4 is 11.1 Å². The molecule has 1 saturated carbocycles. The Morgan fingerprint density at radius 1 is 1.44 bits per heavy atom. The maximum atomic E-state index is 12.8. The Morgan fingerprint density at radius 3 is 3.07 bits per heavy atom. The van der Waals surface area contributed by atoms with Crippen LogP contribution in [0.2, 0.25) is 0 Å². The van der Waals surface area contributed by atoms with E-state index in [-0.39, 0.29) is 11.8 Å². The maximum absolute atomic E-state index is 12.8. The standard InChI is InChI=1S/C20H21N5O2/c1-22-17-4-2-12(8-14(17)10-21)20(26)23-15-3-5-18-16(9-15)19(25-24-18)13-6-7-27-11-13/h3,5-7,9-12H,2,4,8,21H2,1H3,(H,23,26)(H,24,25)/b14-10-,22-17?/t12-/m1/s1. The summed E-state index contributed by atoms with van der Waals surface area (Å²) < 4.78 is 5.15. The second-order valence-corrected chi connectivity index (χ2v) is 6.64. The molecular weight excluding hydrogens is 342 g/mol. The fraction of sp³-hybridized carbons (Fsp3) is 0.250. The first-order valence-corrected chi connectivity index (χ1v) is 8.88. The lowest BCUT2D eigenvalue weighted by molar-refractivity contribution is -0.120. The van der Waals surface area contributed by atoms with E-state index in [1.54, 1.807) is 25.8 Å². The van der Waals surface area contributed by atoms with E-state index >= 15 is 0 Å².